The minimum Gasteiger partial charge on any atom is -0.465 e. The van der Waals surface area contributed by atoms with Crippen LogP contribution in [-0.2, 0) is 4.74 Å². The molecule has 0 radical (unpaired) electrons. The highest BCUT2D eigenvalue weighted by molar-refractivity contribution is 7.17. The number of carbonyl (C=O) groups is 1. The number of esters is 1. The minimum atomic E-state index is -0.298. The van der Waals surface area contributed by atoms with Crippen molar-refractivity contribution in [2.45, 2.75) is 45.6 Å². The molecule has 0 bridgehead atoms. The van der Waals surface area contributed by atoms with Crippen LogP contribution in [0, 0.1) is 12.8 Å². The lowest BCUT2D eigenvalue weighted by Gasteiger charge is -2.15. The molecule has 5 heteroatoms. The Labute approximate surface area is 112 Å². The Kier molecular flexibility index (Phi) is 4.22. The number of carbonyl (C=O) groups excluding carboxylic acids is 1. The third kappa shape index (κ3) is 3.22. The van der Waals surface area contributed by atoms with E-state index in [0.717, 1.165) is 23.2 Å². The number of nitrogens with one attached hydrogen (secondary N) is 1. The van der Waals surface area contributed by atoms with Crippen molar-refractivity contribution < 1.29 is 9.53 Å². The average Bonchev–Trinajstić information content (AvgIpc) is 3.10. The van der Waals surface area contributed by atoms with Gasteiger partial charge in [-0.2, -0.15) is 0 Å². The van der Waals surface area contributed by atoms with Crippen LogP contribution in [0.15, 0.2) is 0 Å². The normalized spacial score (nSPS) is 16.4. The molecule has 2 rings (SSSR count). The van der Waals surface area contributed by atoms with Gasteiger partial charge < -0.3 is 10.1 Å². The third-order valence-electron chi connectivity index (χ3n) is 3.30. The predicted octanol–water partition coefficient (Wildman–Crippen LogP) is 3.23. The molecular formula is C13H20N2O2S. The van der Waals surface area contributed by atoms with Crippen molar-refractivity contribution in [3.05, 3.63) is 10.6 Å². The van der Waals surface area contributed by atoms with Crippen LogP contribution in [0.1, 0.15) is 48.0 Å². The molecule has 1 saturated carbocycles. The quantitative estimate of drug-likeness (QED) is 0.805. The third-order valence-corrected chi connectivity index (χ3v) is 4.37. The summed E-state index contributed by atoms with van der Waals surface area (Å²) >= 11 is 1.39. The van der Waals surface area contributed by atoms with Gasteiger partial charge in [0, 0.05) is 6.04 Å². The Morgan fingerprint density at radius 3 is 2.89 bits per heavy atom. The van der Waals surface area contributed by atoms with Gasteiger partial charge in [0.25, 0.3) is 0 Å². The number of anilines is 1. The van der Waals surface area contributed by atoms with E-state index in [-0.39, 0.29) is 5.97 Å². The number of nitrogens with zero attached hydrogens (tertiary/aromatic N) is 1. The van der Waals surface area contributed by atoms with E-state index in [0.29, 0.717) is 10.9 Å². The number of aryl methyl sites for hydroxylation is 1. The molecule has 0 aliphatic heterocycles. The van der Waals surface area contributed by atoms with E-state index in [1.807, 2.05) is 6.92 Å². The number of hydrogen-bond acceptors (Lipinski definition) is 5. The highest BCUT2D eigenvalue weighted by atomic mass is 32.1. The molecule has 1 aliphatic rings. The van der Waals surface area contributed by atoms with Crippen molar-refractivity contribution in [1.82, 2.24) is 4.98 Å². The van der Waals surface area contributed by atoms with Crippen molar-refractivity contribution in [2.24, 2.45) is 5.92 Å². The summed E-state index contributed by atoms with van der Waals surface area (Å²) in [6, 6.07) is 0.466. The highest BCUT2D eigenvalue weighted by Crippen LogP contribution is 2.35. The number of thiazole rings is 1. The monoisotopic (exact) mass is 268 g/mol. The lowest BCUT2D eigenvalue weighted by atomic mass is 10.1. The van der Waals surface area contributed by atoms with E-state index >= 15 is 0 Å². The molecule has 1 unspecified atom stereocenters. The van der Waals surface area contributed by atoms with E-state index in [9.17, 15) is 4.79 Å². The van der Waals surface area contributed by atoms with Crippen LogP contribution < -0.4 is 5.32 Å². The van der Waals surface area contributed by atoms with E-state index in [2.05, 4.69) is 17.2 Å². The van der Waals surface area contributed by atoms with Gasteiger partial charge in [0.1, 0.15) is 4.88 Å². The van der Waals surface area contributed by atoms with Crippen molar-refractivity contribution >= 4 is 22.4 Å². The van der Waals surface area contributed by atoms with Gasteiger partial charge in [-0.1, -0.05) is 31.1 Å². The van der Waals surface area contributed by atoms with Crippen LogP contribution in [0.4, 0.5) is 5.13 Å². The van der Waals surface area contributed by atoms with E-state index in [1.165, 1.54) is 37.7 Å². The summed E-state index contributed by atoms with van der Waals surface area (Å²) in [6.45, 7) is 4.03. The maximum Gasteiger partial charge on any atom is 0.350 e. The molecule has 0 spiro atoms. The molecule has 1 aromatic heterocycles. The first kappa shape index (κ1) is 13.3. The lowest BCUT2D eigenvalue weighted by Crippen LogP contribution is -2.18. The Morgan fingerprint density at radius 1 is 1.61 bits per heavy atom. The van der Waals surface area contributed by atoms with Gasteiger partial charge in [-0.15, -0.1) is 0 Å². The summed E-state index contributed by atoms with van der Waals surface area (Å²) in [5, 5.41) is 4.27. The first-order valence-corrected chi connectivity index (χ1v) is 7.28. The Bertz CT molecular complexity index is 427. The van der Waals surface area contributed by atoms with Crippen molar-refractivity contribution in [3.63, 3.8) is 0 Å². The second-order valence-corrected chi connectivity index (χ2v) is 5.85. The zero-order valence-electron chi connectivity index (χ0n) is 11.2. The number of hydrogen-bond donors (Lipinski definition) is 1. The smallest absolute Gasteiger partial charge is 0.350 e. The summed E-state index contributed by atoms with van der Waals surface area (Å²) in [7, 11) is 1.40. The van der Waals surface area contributed by atoms with Crippen LogP contribution in [0.5, 0.6) is 0 Å². The highest BCUT2D eigenvalue weighted by Gasteiger charge is 2.25. The second-order valence-electron chi connectivity index (χ2n) is 4.85. The summed E-state index contributed by atoms with van der Waals surface area (Å²) in [6.07, 6.45) is 5.02. The van der Waals surface area contributed by atoms with Crippen molar-refractivity contribution in [2.75, 3.05) is 12.4 Å². The largest absolute Gasteiger partial charge is 0.465 e. The van der Waals surface area contributed by atoms with Crippen LogP contribution in [0.3, 0.4) is 0 Å². The van der Waals surface area contributed by atoms with Crippen molar-refractivity contribution in [3.8, 4) is 0 Å². The first-order valence-electron chi connectivity index (χ1n) is 6.46. The van der Waals surface area contributed by atoms with Crippen LogP contribution in [0.25, 0.3) is 0 Å². The maximum atomic E-state index is 11.5. The molecule has 1 aromatic rings. The summed E-state index contributed by atoms with van der Waals surface area (Å²) in [4.78, 5) is 16.5. The van der Waals surface area contributed by atoms with Gasteiger partial charge >= 0.3 is 5.97 Å². The van der Waals surface area contributed by atoms with Gasteiger partial charge in [-0.25, -0.2) is 9.78 Å². The van der Waals surface area contributed by atoms with E-state index in [4.69, 9.17) is 4.74 Å². The Balaban J connectivity index is 2.01. The molecule has 0 saturated heterocycles. The minimum absolute atomic E-state index is 0.298. The zero-order valence-corrected chi connectivity index (χ0v) is 12.0. The fourth-order valence-electron chi connectivity index (χ4n) is 2.00. The Hall–Kier alpha value is -1.10. The molecule has 1 atom stereocenters. The summed E-state index contributed by atoms with van der Waals surface area (Å²) in [5.74, 6) is 0.594. The van der Waals surface area contributed by atoms with Gasteiger partial charge in [0.15, 0.2) is 5.13 Å². The molecular weight excluding hydrogens is 248 g/mol. The van der Waals surface area contributed by atoms with Crippen LogP contribution in [-0.4, -0.2) is 24.1 Å². The SMILES string of the molecule is CCC(CC1CC1)Nc1nc(C)c(C(=O)OC)s1. The molecule has 18 heavy (non-hydrogen) atoms. The molecule has 1 heterocycles. The molecule has 0 amide bonds. The average molecular weight is 268 g/mol. The number of methoxy groups -OCH3 is 1. The molecule has 100 valence electrons. The molecule has 0 aromatic carbocycles. The van der Waals surface area contributed by atoms with Crippen LogP contribution >= 0.6 is 11.3 Å². The van der Waals surface area contributed by atoms with E-state index in [1.54, 1.807) is 0 Å². The van der Waals surface area contributed by atoms with Crippen molar-refractivity contribution in [1.29, 1.82) is 0 Å². The lowest BCUT2D eigenvalue weighted by molar-refractivity contribution is 0.0605. The van der Waals surface area contributed by atoms with E-state index < -0.39 is 0 Å². The van der Waals surface area contributed by atoms with Gasteiger partial charge in [0.2, 0.25) is 0 Å². The number of ether oxygens (including phenoxy) is 1. The summed E-state index contributed by atoms with van der Waals surface area (Å²) in [5.41, 5.74) is 0.746. The standard InChI is InChI=1S/C13H20N2O2S/c1-4-10(7-9-5-6-9)15-13-14-8(2)11(18-13)12(16)17-3/h9-10H,4-7H2,1-3H3,(H,14,15). The summed E-state index contributed by atoms with van der Waals surface area (Å²) < 4.78 is 4.74. The van der Waals surface area contributed by atoms with Gasteiger partial charge in [-0.05, 0) is 25.7 Å². The first-order chi connectivity index (χ1) is 8.63. The molecule has 4 nitrogen and oxygen atoms in total. The fraction of sp³-hybridized carbons (Fsp3) is 0.692. The van der Waals surface area contributed by atoms with Gasteiger partial charge in [-0.3, -0.25) is 0 Å². The zero-order chi connectivity index (χ0) is 13.1. The fourth-order valence-corrected chi connectivity index (χ4v) is 2.96. The van der Waals surface area contributed by atoms with Gasteiger partial charge in [0.05, 0.1) is 12.8 Å². The topological polar surface area (TPSA) is 51.2 Å². The number of rotatable bonds is 6. The molecule has 1 aliphatic carbocycles. The molecule has 1 fully saturated rings. The predicted molar refractivity (Wildman–Crippen MR) is 73.2 cm³/mol. The Morgan fingerprint density at radius 2 is 2.33 bits per heavy atom. The number of aromatic nitrogens is 1. The molecule has 1 N–H and O–H groups in total. The van der Waals surface area contributed by atoms with Crippen LogP contribution in [0.2, 0.25) is 0 Å². The maximum absolute atomic E-state index is 11.5. The second kappa shape index (κ2) is 5.69.